The van der Waals surface area contributed by atoms with Crippen molar-refractivity contribution >= 4 is 39.9 Å². The fraction of sp³-hybridized carbons (Fsp3) is 0.0556. The van der Waals surface area contributed by atoms with Crippen LogP contribution in [0, 0.1) is 0 Å². The number of esters is 1. The molecule has 0 bridgehead atoms. The molecule has 0 saturated heterocycles. The third-order valence-corrected chi connectivity index (χ3v) is 4.04. The SMILES string of the molecule is O=C(Cc1c(Cl)cccc1Cl)Oc1ccc2ccccc2c1. The van der Waals surface area contributed by atoms with E-state index in [1.807, 2.05) is 36.4 Å². The van der Waals surface area contributed by atoms with Gasteiger partial charge in [0.15, 0.2) is 0 Å². The van der Waals surface area contributed by atoms with E-state index in [-0.39, 0.29) is 6.42 Å². The lowest BCUT2D eigenvalue weighted by Crippen LogP contribution is -2.11. The zero-order chi connectivity index (χ0) is 15.5. The number of fused-ring (bicyclic) bond motifs is 1. The van der Waals surface area contributed by atoms with Crippen LogP contribution in [0.25, 0.3) is 10.8 Å². The van der Waals surface area contributed by atoms with Crippen molar-refractivity contribution in [3.8, 4) is 5.75 Å². The van der Waals surface area contributed by atoms with Crippen LogP contribution >= 0.6 is 23.2 Å². The van der Waals surface area contributed by atoms with Crippen LogP contribution in [0.4, 0.5) is 0 Å². The van der Waals surface area contributed by atoms with Crippen LogP contribution in [-0.4, -0.2) is 5.97 Å². The highest BCUT2D eigenvalue weighted by atomic mass is 35.5. The third-order valence-electron chi connectivity index (χ3n) is 3.34. The normalized spacial score (nSPS) is 10.6. The van der Waals surface area contributed by atoms with Gasteiger partial charge in [0.05, 0.1) is 6.42 Å². The van der Waals surface area contributed by atoms with E-state index in [0.717, 1.165) is 10.8 Å². The molecule has 0 fully saturated rings. The average molecular weight is 331 g/mol. The maximum atomic E-state index is 12.1. The Labute approximate surface area is 138 Å². The monoisotopic (exact) mass is 330 g/mol. The Morgan fingerprint density at radius 3 is 2.27 bits per heavy atom. The van der Waals surface area contributed by atoms with Gasteiger partial charge in [0, 0.05) is 15.6 Å². The van der Waals surface area contributed by atoms with Crippen LogP contribution in [0.5, 0.6) is 5.75 Å². The molecule has 0 radical (unpaired) electrons. The van der Waals surface area contributed by atoms with E-state index in [9.17, 15) is 4.79 Å². The van der Waals surface area contributed by atoms with Crippen molar-refractivity contribution in [2.75, 3.05) is 0 Å². The van der Waals surface area contributed by atoms with E-state index in [1.165, 1.54) is 0 Å². The second kappa shape index (κ2) is 6.39. The number of halogens is 2. The molecule has 0 heterocycles. The molecule has 0 saturated carbocycles. The molecule has 3 aromatic rings. The van der Waals surface area contributed by atoms with Gasteiger partial charge in [0.25, 0.3) is 0 Å². The van der Waals surface area contributed by atoms with E-state index in [2.05, 4.69) is 0 Å². The molecule has 22 heavy (non-hydrogen) atoms. The molecule has 3 rings (SSSR count). The molecule has 0 aliphatic heterocycles. The molecule has 0 aromatic heterocycles. The predicted octanol–water partition coefficient (Wildman–Crippen LogP) is 5.29. The molecule has 0 N–H and O–H groups in total. The highest BCUT2D eigenvalue weighted by molar-refractivity contribution is 6.36. The summed E-state index contributed by atoms with van der Waals surface area (Å²) in [6, 6.07) is 18.5. The molecule has 0 unspecified atom stereocenters. The minimum Gasteiger partial charge on any atom is -0.426 e. The first kappa shape index (κ1) is 14.9. The quantitative estimate of drug-likeness (QED) is 0.481. The molecule has 0 spiro atoms. The predicted molar refractivity (Wildman–Crippen MR) is 89.7 cm³/mol. The summed E-state index contributed by atoms with van der Waals surface area (Å²) in [5.41, 5.74) is 0.580. The molecular formula is C18H12Cl2O2. The van der Waals surface area contributed by atoms with Crippen LogP contribution in [0.2, 0.25) is 10.0 Å². The van der Waals surface area contributed by atoms with Crippen LogP contribution in [0.1, 0.15) is 5.56 Å². The smallest absolute Gasteiger partial charge is 0.315 e. The fourth-order valence-corrected chi connectivity index (χ4v) is 2.78. The number of ether oxygens (including phenoxy) is 1. The highest BCUT2D eigenvalue weighted by Crippen LogP contribution is 2.26. The third kappa shape index (κ3) is 3.24. The summed E-state index contributed by atoms with van der Waals surface area (Å²) in [5, 5.41) is 3.03. The minimum atomic E-state index is -0.398. The maximum Gasteiger partial charge on any atom is 0.315 e. The molecule has 0 amide bonds. The second-order valence-corrected chi connectivity index (χ2v) is 5.67. The lowest BCUT2D eigenvalue weighted by molar-refractivity contribution is -0.133. The summed E-state index contributed by atoms with van der Waals surface area (Å²) in [4.78, 5) is 12.1. The van der Waals surface area contributed by atoms with E-state index >= 15 is 0 Å². The summed E-state index contributed by atoms with van der Waals surface area (Å²) in [6.45, 7) is 0. The molecule has 2 nitrogen and oxygen atoms in total. The van der Waals surface area contributed by atoms with E-state index in [1.54, 1.807) is 24.3 Å². The lowest BCUT2D eigenvalue weighted by Gasteiger charge is -2.08. The molecule has 0 atom stereocenters. The van der Waals surface area contributed by atoms with E-state index in [0.29, 0.717) is 21.4 Å². The molecule has 0 aliphatic rings. The van der Waals surface area contributed by atoms with Crippen molar-refractivity contribution in [2.45, 2.75) is 6.42 Å². The zero-order valence-corrected chi connectivity index (χ0v) is 13.1. The van der Waals surface area contributed by atoms with Gasteiger partial charge in [0.2, 0.25) is 0 Å². The summed E-state index contributed by atoms with van der Waals surface area (Å²) in [5.74, 6) is 0.108. The highest BCUT2D eigenvalue weighted by Gasteiger charge is 2.12. The Bertz CT molecular complexity index is 823. The van der Waals surface area contributed by atoms with Gasteiger partial charge in [0.1, 0.15) is 5.75 Å². The molecule has 0 aliphatic carbocycles. The minimum absolute atomic E-state index is 0.0331. The molecular weight excluding hydrogens is 319 g/mol. The van der Waals surface area contributed by atoms with Gasteiger partial charge in [-0.1, -0.05) is 59.6 Å². The number of benzene rings is 3. The van der Waals surface area contributed by atoms with Gasteiger partial charge in [-0.25, -0.2) is 0 Å². The first-order valence-electron chi connectivity index (χ1n) is 6.76. The summed E-state index contributed by atoms with van der Waals surface area (Å²) in [7, 11) is 0. The molecule has 3 aromatic carbocycles. The summed E-state index contributed by atoms with van der Waals surface area (Å²) >= 11 is 12.1. The van der Waals surface area contributed by atoms with Gasteiger partial charge in [-0.15, -0.1) is 0 Å². The van der Waals surface area contributed by atoms with Gasteiger partial charge in [-0.2, -0.15) is 0 Å². The summed E-state index contributed by atoms with van der Waals surface area (Å²) in [6.07, 6.45) is 0.0331. The standard InChI is InChI=1S/C18H12Cl2O2/c19-16-6-3-7-17(20)15(16)11-18(21)22-14-9-8-12-4-1-2-5-13(12)10-14/h1-10H,11H2. The maximum absolute atomic E-state index is 12.1. The van der Waals surface area contributed by atoms with Crippen LogP contribution < -0.4 is 4.74 Å². The Morgan fingerprint density at radius 1 is 0.864 bits per heavy atom. The van der Waals surface area contributed by atoms with Gasteiger partial charge in [-0.3, -0.25) is 4.79 Å². The van der Waals surface area contributed by atoms with E-state index < -0.39 is 5.97 Å². The number of carbonyl (C=O) groups is 1. The van der Waals surface area contributed by atoms with Crippen LogP contribution in [0.3, 0.4) is 0 Å². The number of hydrogen-bond acceptors (Lipinski definition) is 2. The van der Waals surface area contributed by atoms with E-state index in [4.69, 9.17) is 27.9 Å². The van der Waals surface area contributed by atoms with Crippen molar-refractivity contribution in [1.82, 2.24) is 0 Å². The van der Waals surface area contributed by atoms with Crippen molar-refractivity contribution in [2.24, 2.45) is 0 Å². The number of carbonyl (C=O) groups excluding carboxylic acids is 1. The van der Waals surface area contributed by atoms with Crippen molar-refractivity contribution < 1.29 is 9.53 Å². The molecule has 110 valence electrons. The first-order valence-corrected chi connectivity index (χ1v) is 7.51. The second-order valence-electron chi connectivity index (χ2n) is 4.86. The Kier molecular flexibility index (Phi) is 4.32. The number of hydrogen-bond donors (Lipinski definition) is 0. The zero-order valence-electron chi connectivity index (χ0n) is 11.6. The lowest BCUT2D eigenvalue weighted by atomic mass is 10.1. The Balaban J connectivity index is 1.78. The van der Waals surface area contributed by atoms with Crippen molar-refractivity contribution in [3.05, 3.63) is 76.3 Å². The first-order chi connectivity index (χ1) is 10.6. The summed E-state index contributed by atoms with van der Waals surface area (Å²) < 4.78 is 5.38. The van der Waals surface area contributed by atoms with Gasteiger partial charge in [-0.05, 0) is 35.0 Å². The largest absolute Gasteiger partial charge is 0.426 e. The van der Waals surface area contributed by atoms with Gasteiger partial charge < -0.3 is 4.74 Å². The average Bonchev–Trinajstić information content (AvgIpc) is 2.51. The Hall–Kier alpha value is -2.03. The van der Waals surface area contributed by atoms with Crippen LogP contribution in [0.15, 0.2) is 60.7 Å². The van der Waals surface area contributed by atoms with Gasteiger partial charge >= 0.3 is 5.97 Å². The van der Waals surface area contributed by atoms with Crippen LogP contribution in [-0.2, 0) is 11.2 Å². The Morgan fingerprint density at radius 2 is 1.55 bits per heavy atom. The topological polar surface area (TPSA) is 26.3 Å². The fourth-order valence-electron chi connectivity index (χ4n) is 2.24. The number of rotatable bonds is 3. The molecule has 4 heteroatoms. The van der Waals surface area contributed by atoms with Crippen molar-refractivity contribution in [3.63, 3.8) is 0 Å². The van der Waals surface area contributed by atoms with Crippen molar-refractivity contribution in [1.29, 1.82) is 0 Å².